The molecule has 0 aliphatic heterocycles. The fourth-order valence-electron chi connectivity index (χ4n) is 2.37. The average molecular weight is 400 g/mol. The number of benzene rings is 2. The Morgan fingerprint density at radius 3 is 2.60 bits per heavy atom. The van der Waals surface area contributed by atoms with E-state index in [-0.39, 0.29) is 6.42 Å². The molecule has 126 valence electrons. The van der Waals surface area contributed by atoms with Crippen molar-refractivity contribution in [3.8, 4) is 0 Å². The van der Waals surface area contributed by atoms with Crippen molar-refractivity contribution in [2.24, 2.45) is 0 Å². The Morgan fingerprint density at radius 2 is 1.88 bits per heavy atom. The Kier molecular flexibility index (Phi) is 5.04. The van der Waals surface area contributed by atoms with Gasteiger partial charge in [-0.1, -0.05) is 34.1 Å². The molecule has 0 radical (unpaired) electrons. The van der Waals surface area contributed by atoms with E-state index in [1.54, 1.807) is 24.3 Å². The molecule has 2 aromatic carbocycles. The highest BCUT2D eigenvalue weighted by Gasteiger charge is 2.22. The van der Waals surface area contributed by atoms with Gasteiger partial charge >= 0.3 is 5.97 Å². The smallest absolute Gasteiger partial charge is 0.326 e. The second-order valence-corrected chi connectivity index (χ2v) is 6.34. The van der Waals surface area contributed by atoms with Gasteiger partial charge in [0, 0.05) is 22.7 Å². The van der Waals surface area contributed by atoms with Gasteiger partial charge in [0.25, 0.3) is 5.91 Å². The van der Waals surface area contributed by atoms with Gasteiger partial charge in [-0.3, -0.25) is 9.78 Å². The van der Waals surface area contributed by atoms with Crippen LogP contribution in [-0.2, 0) is 11.2 Å². The first-order valence-corrected chi connectivity index (χ1v) is 8.32. The van der Waals surface area contributed by atoms with Crippen molar-refractivity contribution in [3.05, 3.63) is 70.5 Å². The molecule has 25 heavy (non-hydrogen) atoms. The molecule has 0 unspecified atom stereocenters. The second kappa shape index (κ2) is 7.40. The minimum absolute atomic E-state index is 0.0485. The first-order chi connectivity index (χ1) is 12.0. The van der Waals surface area contributed by atoms with Crippen molar-refractivity contribution < 1.29 is 14.7 Å². The molecule has 0 fully saturated rings. The molecule has 0 bridgehead atoms. The number of para-hydroxylation sites is 2. The van der Waals surface area contributed by atoms with Crippen molar-refractivity contribution in [1.29, 1.82) is 0 Å². The van der Waals surface area contributed by atoms with Crippen LogP contribution in [0.2, 0.25) is 0 Å². The second-order valence-electron chi connectivity index (χ2n) is 5.43. The lowest BCUT2D eigenvalue weighted by Gasteiger charge is -2.14. The average Bonchev–Trinajstić information content (AvgIpc) is 2.61. The van der Waals surface area contributed by atoms with E-state index in [1.807, 2.05) is 24.3 Å². The van der Waals surface area contributed by atoms with Crippen molar-refractivity contribution in [2.75, 3.05) is 0 Å². The lowest BCUT2D eigenvalue weighted by molar-refractivity contribution is -0.139. The maximum Gasteiger partial charge on any atom is 0.326 e. The van der Waals surface area contributed by atoms with E-state index in [1.165, 1.54) is 6.20 Å². The van der Waals surface area contributed by atoms with Gasteiger partial charge in [-0.25, -0.2) is 9.78 Å². The van der Waals surface area contributed by atoms with Crippen LogP contribution in [0.3, 0.4) is 0 Å². The monoisotopic (exact) mass is 399 g/mol. The maximum atomic E-state index is 12.3. The zero-order chi connectivity index (χ0) is 17.8. The molecule has 0 aliphatic carbocycles. The van der Waals surface area contributed by atoms with Gasteiger partial charge in [0.15, 0.2) is 0 Å². The van der Waals surface area contributed by atoms with Crippen LogP contribution in [0.15, 0.2) is 59.2 Å². The number of fused-ring (bicyclic) bond motifs is 1. The Bertz CT molecular complexity index is 946. The van der Waals surface area contributed by atoms with Gasteiger partial charge < -0.3 is 10.4 Å². The van der Waals surface area contributed by atoms with E-state index in [4.69, 9.17) is 0 Å². The molecule has 1 atom stereocenters. The summed E-state index contributed by atoms with van der Waals surface area (Å²) in [5.74, 6) is -1.58. The highest BCUT2D eigenvalue weighted by Crippen LogP contribution is 2.13. The van der Waals surface area contributed by atoms with E-state index in [0.29, 0.717) is 16.8 Å². The van der Waals surface area contributed by atoms with Crippen LogP contribution in [0.1, 0.15) is 16.1 Å². The van der Waals surface area contributed by atoms with Crippen LogP contribution < -0.4 is 5.32 Å². The van der Waals surface area contributed by atoms with E-state index < -0.39 is 17.9 Å². The third-order valence-corrected chi connectivity index (χ3v) is 4.10. The summed E-state index contributed by atoms with van der Waals surface area (Å²) >= 11 is 3.29. The SMILES string of the molecule is O=C(N[C@H](Cc1cnc2ccccc2n1)C(=O)O)c1cccc(Br)c1. The van der Waals surface area contributed by atoms with Gasteiger partial charge in [-0.15, -0.1) is 0 Å². The molecule has 0 saturated heterocycles. The molecular weight excluding hydrogens is 386 g/mol. The number of nitrogens with zero attached hydrogens (tertiary/aromatic N) is 2. The van der Waals surface area contributed by atoms with E-state index in [9.17, 15) is 14.7 Å². The Hall–Kier alpha value is -2.80. The Morgan fingerprint density at radius 1 is 1.12 bits per heavy atom. The highest BCUT2D eigenvalue weighted by molar-refractivity contribution is 9.10. The van der Waals surface area contributed by atoms with Gasteiger partial charge in [0.05, 0.1) is 16.7 Å². The van der Waals surface area contributed by atoms with Crippen LogP contribution in [0.25, 0.3) is 11.0 Å². The van der Waals surface area contributed by atoms with E-state index >= 15 is 0 Å². The summed E-state index contributed by atoms with van der Waals surface area (Å²) in [4.78, 5) is 32.5. The van der Waals surface area contributed by atoms with E-state index in [0.717, 1.165) is 9.99 Å². The molecule has 0 spiro atoms. The van der Waals surface area contributed by atoms with Crippen molar-refractivity contribution in [2.45, 2.75) is 12.5 Å². The van der Waals surface area contributed by atoms with Gasteiger partial charge in [0.1, 0.15) is 6.04 Å². The molecular formula is C18H14BrN3O3. The number of carbonyl (C=O) groups is 2. The van der Waals surface area contributed by atoms with Crippen LogP contribution in [0, 0.1) is 0 Å². The first-order valence-electron chi connectivity index (χ1n) is 7.53. The van der Waals surface area contributed by atoms with Crippen LogP contribution in [0.5, 0.6) is 0 Å². The third kappa shape index (κ3) is 4.19. The summed E-state index contributed by atoms with van der Waals surface area (Å²) in [6.45, 7) is 0. The summed E-state index contributed by atoms with van der Waals surface area (Å²) in [6, 6.07) is 13.0. The molecule has 3 rings (SSSR count). The minimum Gasteiger partial charge on any atom is -0.480 e. The Labute approximate surface area is 152 Å². The van der Waals surface area contributed by atoms with Crippen molar-refractivity contribution in [1.82, 2.24) is 15.3 Å². The summed E-state index contributed by atoms with van der Waals surface area (Å²) < 4.78 is 0.743. The summed E-state index contributed by atoms with van der Waals surface area (Å²) in [5.41, 5.74) is 2.30. The number of halogens is 1. The predicted molar refractivity (Wildman–Crippen MR) is 96.3 cm³/mol. The molecule has 7 heteroatoms. The van der Waals surface area contributed by atoms with Gasteiger partial charge in [-0.05, 0) is 30.3 Å². The number of carboxylic acids is 1. The van der Waals surface area contributed by atoms with Crippen molar-refractivity contribution in [3.63, 3.8) is 0 Å². The number of hydrogen-bond acceptors (Lipinski definition) is 4. The number of amides is 1. The van der Waals surface area contributed by atoms with E-state index in [2.05, 4.69) is 31.2 Å². The molecule has 1 amide bonds. The number of nitrogens with one attached hydrogen (secondary N) is 1. The molecule has 1 aromatic heterocycles. The first kappa shape index (κ1) is 17.0. The fraction of sp³-hybridized carbons (Fsp3) is 0.111. The minimum atomic E-state index is -1.13. The number of aliphatic carboxylic acids is 1. The van der Waals surface area contributed by atoms with Gasteiger partial charge in [-0.2, -0.15) is 0 Å². The maximum absolute atomic E-state index is 12.3. The zero-order valence-corrected chi connectivity index (χ0v) is 14.6. The fourth-order valence-corrected chi connectivity index (χ4v) is 2.77. The molecule has 3 aromatic rings. The predicted octanol–water partition coefficient (Wildman–Crippen LogP) is 2.82. The third-order valence-electron chi connectivity index (χ3n) is 3.60. The number of aromatic nitrogens is 2. The van der Waals surface area contributed by atoms with Crippen LogP contribution >= 0.6 is 15.9 Å². The largest absolute Gasteiger partial charge is 0.480 e. The number of rotatable bonds is 5. The standard InChI is InChI=1S/C18H14BrN3O3/c19-12-5-3-4-11(8-12)17(23)22-16(18(24)25)9-13-10-20-14-6-1-2-7-15(14)21-13/h1-8,10,16H,9H2,(H,22,23)(H,24,25)/t16-/m1/s1. The van der Waals surface area contributed by atoms with Crippen molar-refractivity contribution >= 4 is 38.8 Å². The number of hydrogen-bond donors (Lipinski definition) is 2. The molecule has 0 aliphatic rings. The molecule has 6 nitrogen and oxygen atoms in total. The normalized spacial score (nSPS) is 11.9. The van der Waals surface area contributed by atoms with Crippen LogP contribution in [0.4, 0.5) is 0 Å². The Balaban J connectivity index is 1.78. The highest BCUT2D eigenvalue weighted by atomic mass is 79.9. The summed E-state index contributed by atoms with van der Waals surface area (Å²) in [7, 11) is 0. The van der Waals surface area contributed by atoms with Gasteiger partial charge in [0.2, 0.25) is 0 Å². The zero-order valence-electron chi connectivity index (χ0n) is 13.0. The number of carbonyl (C=O) groups excluding carboxylic acids is 1. The number of carboxylic acid groups (broad SMARTS) is 1. The molecule has 2 N–H and O–H groups in total. The molecule has 0 saturated carbocycles. The quantitative estimate of drug-likeness (QED) is 0.687. The van der Waals surface area contributed by atoms with Crippen LogP contribution in [-0.4, -0.2) is 33.0 Å². The lowest BCUT2D eigenvalue weighted by Crippen LogP contribution is -2.42. The topological polar surface area (TPSA) is 92.2 Å². The summed E-state index contributed by atoms with van der Waals surface area (Å²) in [6.07, 6.45) is 1.58. The lowest BCUT2D eigenvalue weighted by atomic mass is 10.1. The summed E-state index contributed by atoms with van der Waals surface area (Å²) in [5, 5.41) is 12.0. The molecule has 1 heterocycles.